The third-order valence-electron chi connectivity index (χ3n) is 1.53. The van der Waals surface area contributed by atoms with Gasteiger partial charge in [0.15, 0.2) is 0 Å². The van der Waals surface area contributed by atoms with Gasteiger partial charge in [0.05, 0.1) is 0 Å². The molecular weight excluding hydrogens is 185 g/mol. The van der Waals surface area contributed by atoms with E-state index in [0.717, 1.165) is 0 Å². The summed E-state index contributed by atoms with van der Waals surface area (Å²) in [6.45, 7) is 9.58. The minimum absolute atomic E-state index is 0.180. The van der Waals surface area contributed by atoms with Crippen LogP contribution in [0.15, 0.2) is 0 Å². The second kappa shape index (κ2) is 5.61. The molecule has 1 N–H and O–H groups in total. The van der Waals surface area contributed by atoms with E-state index in [2.05, 4.69) is 15.8 Å². The molecule has 0 saturated carbocycles. The van der Waals surface area contributed by atoms with Crippen LogP contribution in [0.25, 0.3) is 0 Å². The van der Waals surface area contributed by atoms with E-state index in [1.54, 1.807) is 17.7 Å². The summed E-state index contributed by atoms with van der Waals surface area (Å²) in [5, 5.41) is 3.03. The SMILES string of the molecule is [Li][C]#CC(C)(C)NCC(=O)OC(C)(C)C. The Kier molecular flexibility index (Phi) is 5.46. The number of ether oxygens (including phenoxy) is 1. The zero-order valence-corrected chi connectivity index (χ0v) is 10.5. The Morgan fingerprint density at radius 3 is 2.27 bits per heavy atom. The van der Waals surface area contributed by atoms with E-state index in [1.165, 1.54) is 0 Å². The van der Waals surface area contributed by atoms with Crippen LogP contribution in [0, 0.1) is 10.5 Å². The number of hydrogen-bond acceptors (Lipinski definition) is 3. The summed E-state index contributed by atoms with van der Waals surface area (Å²) in [6, 6.07) is 0. The molecule has 0 aromatic rings. The van der Waals surface area contributed by atoms with Gasteiger partial charge in [-0.25, -0.2) is 0 Å². The summed E-state index contributed by atoms with van der Waals surface area (Å²) in [4.78, 5) is 11.4. The Balaban J connectivity index is 4.05. The first kappa shape index (κ1) is 14.6. The van der Waals surface area contributed by atoms with Crippen LogP contribution < -0.4 is 5.32 Å². The first-order valence-corrected chi connectivity index (χ1v) is 5.07. The van der Waals surface area contributed by atoms with Crippen LogP contribution in [0.2, 0.25) is 0 Å². The monoisotopic (exact) mass is 203 g/mol. The van der Waals surface area contributed by atoms with Crippen molar-refractivity contribution in [3.63, 3.8) is 0 Å². The van der Waals surface area contributed by atoms with E-state index in [-0.39, 0.29) is 18.1 Å². The summed E-state index contributed by atoms with van der Waals surface area (Å²) in [7, 11) is 0. The van der Waals surface area contributed by atoms with Gasteiger partial charge in [0, 0.05) is 0 Å². The normalized spacial score (nSPS) is 11.7. The number of nitrogens with one attached hydrogen (secondary N) is 1. The van der Waals surface area contributed by atoms with Crippen LogP contribution in [-0.4, -0.2) is 41.4 Å². The van der Waals surface area contributed by atoms with Crippen LogP contribution >= 0.6 is 0 Å². The Hall–Kier alpha value is -0.413. The molecule has 0 saturated heterocycles. The Morgan fingerprint density at radius 2 is 1.87 bits per heavy atom. The van der Waals surface area contributed by atoms with Gasteiger partial charge in [0.1, 0.15) is 0 Å². The molecule has 0 aliphatic heterocycles. The van der Waals surface area contributed by atoms with Crippen molar-refractivity contribution in [2.24, 2.45) is 0 Å². The van der Waals surface area contributed by atoms with Crippen LogP contribution in [-0.2, 0) is 9.53 Å². The first-order chi connectivity index (χ1) is 6.66. The molecule has 0 heterocycles. The molecule has 0 aromatic heterocycles. The van der Waals surface area contributed by atoms with E-state index in [0.29, 0.717) is 0 Å². The molecule has 4 heteroatoms. The predicted molar refractivity (Wildman–Crippen MR) is 61.5 cm³/mol. The van der Waals surface area contributed by atoms with Crippen LogP contribution in [0.3, 0.4) is 0 Å². The molecule has 0 rings (SSSR count). The molecule has 0 unspecified atom stereocenters. The third kappa shape index (κ3) is 8.57. The molecule has 0 atom stereocenters. The Morgan fingerprint density at radius 1 is 1.33 bits per heavy atom. The second-order valence-electron chi connectivity index (χ2n) is 4.94. The van der Waals surface area contributed by atoms with Gasteiger partial charge >= 0.3 is 101 Å². The van der Waals surface area contributed by atoms with E-state index < -0.39 is 5.60 Å². The Bertz CT molecular complexity index is 281. The molecule has 0 fully saturated rings. The van der Waals surface area contributed by atoms with E-state index in [9.17, 15) is 4.79 Å². The summed E-state index contributed by atoms with van der Waals surface area (Å²) >= 11 is 1.77. The molecule has 15 heavy (non-hydrogen) atoms. The molecule has 0 aliphatic carbocycles. The number of esters is 1. The van der Waals surface area contributed by atoms with Crippen LogP contribution in [0.4, 0.5) is 0 Å². The van der Waals surface area contributed by atoms with Gasteiger partial charge in [-0.2, -0.15) is 0 Å². The van der Waals surface area contributed by atoms with Crippen molar-refractivity contribution in [3.8, 4) is 10.5 Å². The number of carbonyl (C=O) groups excluding carboxylic acids is 1. The number of carbonyl (C=O) groups is 1. The summed E-state index contributed by atoms with van der Waals surface area (Å²) in [5.41, 5.74) is -0.787. The fourth-order valence-electron chi connectivity index (χ4n) is 1.03. The molecule has 0 aromatic carbocycles. The van der Waals surface area contributed by atoms with Crippen molar-refractivity contribution in [2.75, 3.05) is 6.54 Å². The summed E-state index contributed by atoms with van der Waals surface area (Å²) in [6.07, 6.45) is 0. The molecule has 3 nitrogen and oxygen atoms in total. The first-order valence-electron chi connectivity index (χ1n) is 5.07. The van der Waals surface area contributed by atoms with Gasteiger partial charge < -0.3 is 0 Å². The fourth-order valence-corrected chi connectivity index (χ4v) is 1.03. The van der Waals surface area contributed by atoms with Gasteiger partial charge in [0.25, 0.3) is 0 Å². The summed E-state index contributed by atoms with van der Waals surface area (Å²) < 4.78 is 7.98. The summed E-state index contributed by atoms with van der Waals surface area (Å²) in [5.74, 6) is 2.72. The Labute approximate surface area is 102 Å². The quantitative estimate of drug-likeness (QED) is 0.419. The fraction of sp³-hybridized carbons (Fsp3) is 0.727. The standard InChI is InChI=1S/C11H18NO2.Li/c1-7-11(5,6)12-8-9(13)14-10(2,3)4;/h12H,8H2,2-6H3;. The van der Waals surface area contributed by atoms with Gasteiger partial charge in [-0.05, 0) is 0 Å². The van der Waals surface area contributed by atoms with Gasteiger partial charge in [-0.1, -0.05) is 0 Å². The van der Waals surface area contributed by atoms with Crippen molar-refractivity contribution in [1.29, 1.82) is 0 Å². The van der Waals surface area contributed by atoms with Crippen LogP contribution in [0.1, 0.15) is 34.6 Å². The predicted octanol–water partition coefficient (Wildman–Crippen LogP) is 0.826. The third-order valence-corrected chi connectivity index (χ3v) is 1.53. The molecule has 0 aliphatic rings. The second-order valence-corrected chi connectivity index (χ2v) is 4.94. The van der Waals surface area contributed by atoms with E-state index >= 15 is 0 Å². The van der Waals surface area contributed by atoms with Crippen LogP contribution in [0.5, 0.6) is 0 Å². The van der Waals surface area contributed by atoms with E-state index in [4.69, 9.17) is 4.74 Å². The van der Waals surface area contributed by atoms with Gasteiger partial charge in [0.2, 0.25) is 0 Å². The van der Waals surface area contributed by atoms with Crippen molar-refractivity contribution < 1.29 is 9.53 Å². The van der Waals surface area contributed by atoms with Crippen molar-refractivity contribution in [3.05, 3.63) is 0 Å². The van der Waals surface area contributed by atoms with Crippen molar-refractivity contribution >= 4 is 23.7 Å². The minimum atomic E-state index is -0.431. The molecule has 0 spiro atoms. The molecule has 0 bridgehead atoms. The molecule has 80 valence electrons. The topological polar surface area (TPSA) is 38.3 Å². The molecular formula is C11H18LiNO2. The van der Waals surface area contributed by atoms with E-state index in [1.807, 2.05) is 34.6 Å². The van der Waals surface area contributed by atoms with Gasteiger partial charge in [-0.3, -0.25) is 0 Å². The average molecular weight is 203 g/mol. The van der Waals surface area contributed by atoms with Crippen molar-refractivity contribution in [1.82, 2.24) is 5.32 Å². The molecule has 0 amide bonds. The average Bonchev–Trinajstić information content (AvgIpc) is 1.98. The zero-order chi connectivity index (χ0) is 12.1. The van der Waals surface area contributed by atoms with Gasteiger partial charge in [-0.15, -0.1) is 0 Å². The molecule has 0 radical (unpaired) electrons. The maximum atomic E-state index is 11.4. The van der Waals surface area contributed by atoms with Crippen molar-refractivity contribution in [2.45, 2.75) is 45.8 Å². The number of rotatable bonds is 3. The number of hydrogen-bond donors (Lipinski definition) is 1. The zero-order valence-electron chi connectivity index (χ0n) is 10.5. The maximum absolute atomic E-state index is 11.4.